The maximum Gasteiger partial charge on any atom is 0.308 e. The van der Waals surface area contributed by atoms with Gasteiger partial charge in [0.2, 0.25) is 0 Å². The molecule has 1 saturated heterocycles. The number of likely N-dealkylation sites (N-methyl/N-ethyl adjacent to an activating group) is 1. The van der Waals surface area contributed by atoms with Crippen LogP contribution in [0, 0.1) is 5.92 Å². The molecule has 1 N–H and O–H groups in total. The summed E-state index contributed by atoms with van der Waals surface area (Å²) >= 11 is 0. The first kappa shape index (κ1) is 21.0. The second-order valence-electron chi connectivity index (χ2n) is 6.97. The van der Waals surface area contributed by atoms with E-state index in [0.717, 1.165) is 44.2 Å². The maximum absolute atomic E-state index is 11.7. The van der Waals surface area contributed by atoms with Gasteiger partial charge in [0.1, 0.15) is 5.75 Å². The average Bonchev–Trinajstić information content (AvgIpc) is 2.71. The van der Waals surface area contributed by atoms with E-state index >= 15 is 0 Å². The molecule has 150 valence electrons. The molecule has 7 heteroatoms. The van der Waals surface area contributed by atoms with Crippen molar-refractivity contribution in [1.29, 1.82) is 0 Å². The molecule has 1 unspecified atom stereocenters. The standard InChI is InChI=1S/C20H32N4O3/c1-21-20(24-12-10-16(11-13-24)19(25)27-5)22-14-18(23(2)3)15-6-8-17(26-4)9-7-15/h6-9,16,18H,10-14H2,1-5H3,(H,21,22). The van der Waals surface area contributed by atoms with Crippen molar-refractivity contribution in [2.24, 2.45) is 10.9 Å². The topological polar surface area (TPSA) is 66.4 Å². The van der Waals surface area contributed by atoms with Crippen molar-refractivity contribution in [3.05, 3.63) is 29.8 Å². The van der Waals surface area contributed by atoms with E-state index in [9.17, 15) is 4.79 Å². The molecule has 7 nitrogen and oxygen atoms in total. The van der Waals surface area contributed by atoms with Crippen molar-refractivity contribution >= 4 is 11.9 Å². The first-order chi connectivity index (χ1) is 13.0. The molecule has 0 bridgehead atoms. The Morgan fingerprint density at radius 2 is 1.89 bits per heavy atom. The van der Waals surface area contributed by atoms with Crippen LogP contribution in [0.25, 0.3) is 0 Å². The molecule has 1 aliphatic heterocycles. The van der Waals surface area contributed by atoms with E-state index in [-0.39, 0.29) is 17.9 Å². The molecule has 0 aromatic heterocycles. The summed E-state index contributed by atoms with van der Waals surface area (Å²) in [6.07, 6.45) is 1.59. The molecule has 1 aromatic rings. The van der Waals surface area contributed by atoms with Gasteiger partial charge in [0.05, 0.1) is 26.2 Å². The molecule has 1 aliphatic rings. The summed E-state index contributed by atoms with van der Waals surface area (Å²) < 4.78 is 10.1. The molecule has 0 spiro atoms. The average molecular weight is 377 g/mol. The highest BCUT2D eigenvalue weighted by molar-refractivity contribution is 5.80. The van der Waals surface area contributed by atoms with Crippen LogP contribution in [0.4, 0.5) is 0 Å². The fraction of sp³-hybridized carbons (Fsp3) is 0.600. The van der Waals surface area contributed by atoms with Crippen molar-refractivity contribution in [3.8, 4) is 5.75 Å². The van der Waals surface area contributed by atoms with Crippen LogP contribution >= 0.6 is 0 Å². The molecule has 2 rings (SSSR count). The molecular weight excluding hydrogens is 344 g/mol. The van der Waals surface area contributed by atoms with Gasteiger partial charge >= 0.3 is 5.97 Å². The van der Waals surface area contributed by atoms with E-state index in [1.807, 2.05) is 12.1 Å². The monoisotopic (exact) mass is 376 g/mol. The number of likely N-dealkylation sites (tertiary alicyclic amines) is 1. The number of carbonyl (C=O) groups excluding carboxylic acids is 1. The minimum absolute atomic E-state index is 0.00169. The lowest BCUT2D eigenvalue weighted by Crippen LogP contribution is -2.48. The number of carbonyl (C=O) groups is 1. The number of esters is 1. The summed E-state index contributed by atoms with van der Waals surface area (Å²) in [5.41, 5.74) is 1.22. The van der Waals surface area contributed by atoms with Gasteiger partial charge in [-0.05, 0) is 44.6 Å². The summed E-state index contributed by atoms with van der Waals surface area (Å²) in [7, 11) is 9.07. The van der Waals surface area contributed by atoms with Crippen LogP contribution < -0.4 is 10.1 Å². The van der Waals surface area contributed by atoms with E-state index in [0.29, 0.717) is 0 Å². The first-order valence-corrected chi connectivity index (χ1v) is 9.34. The van der Waals surface area contributed by atoms with E-state index in [2.05, 4.69) is 46.3 Å². The van der Waals surface area contributed by atoms with Crippen molar-refractivity contribution in [2.45, 2.75) is 18.9 Å². The van der Waals surface area contributed by atoms with Crippen molar-refractivity contribution < 1.29 is 14.3 Å². The highest BCUT2D eigenvalue weighted by Gasteiger charge is 2.27. The Morgan fingerprint density at radius 1 is 1.26 bits per heavy atom. The van der Waals surface area contributed by atoms with Gasteiger partial charge in [-0.25, -0.2) is 0 Å². The molecule has 0 aliphatic carbocycles. The fourth-order valence-corrected chi connectivity index (χ4v) is 3.44. The van der Waals surface area contributed by atoms with E-state index in [1.165, 1.54) is 12.7 Å². The quantitative estimate of drug-likeness (QED) is 0.464. The van der Waals surface area contributed by atoms with Crippen molar-refractivity contribution in [2.75, 3.05) is 55.0 Å². The van der Waals surface area contributed by atoms with Crippen LogP contribution in [-0.4, -0.2) is 76.7 Å². The van der Waals surface area contributed by atoms with Crippen molar-refractivity contribution in [1.82, 2.24) is 15.1 Å². The van der Waals surface area contributed by atoms with Gasteiger partial charge in [0, 0.05) is 26.7 Å². The Hall–Kier alpha value is -2.28. The van der Waals surface area contributed by atoms with Gasteiger partial charge in [-0.1, -0.05) is 12.1 Å². The minimum Gasteiger partial charge on any atom is -0.497 e. The molecule has 0 amide bonds. The van der Waals surface area contributed by atoms with Gasteiger partial charge in [-0.2, -0.15) is 0 Å². The van der Waals surface area contributed by atoms with Crippen LogP contribution in [0.3, 0.4) is 0 Å². The van der Waals surface area contributed by atoms with Crippen LogP contribution in [0.15, 0.2) is 29.3 Å². The number of nitrogens with zero attached hydrogens (tertiary/aromatic N) is 3. The summed E-state index contributed by atoms with van der Waals surface area (Å²) in [4.78, 5) is 20.5. The van der Waals surface area contributed by atoms with E-state index < -0.39 is 0 Å². The van der Waals surface area contributed by atoms with Crippen LogP contribution in [-0.2, 0) is 9.53 Å². The molecule has 1 aromatic carbocycles. The number of ether oxygens (including phenoxy) is 2. The summed E-state index contributed by atoms with van der Waals surface area (Å²) in [6.45, 7) is 2.34. The first-order valence-electron chi connectivity index (χ1n) is 9.34. The van der Waals surface area contributed by atoms with Gasteiger partial charge in [0.25, 0.3) is 0 Å². The third kappa shape index (κ3) is 5.60. The van der Waals surface area contributed by atoms with E-state index in [1.54, 1.807) is 14.2 Å². The number of benzene rings is 1. The lowest BCUT2D eigenvalue weighted by atomic mass is 9.97. The lowest BCUT2D eigenvalue weighted by molar-refractivity contribution is -0.146. The summed E-state index contributed by atoms with van der Waals surface area (Å²) in [5.74, 6) is 1.62. The second kappa shape index (κ2) is 10.2. The number of nitrogens with one attached hydrogen (secondary N) is 1. The molecule has 0 saturated carbocycles. The van der Waals surface area contributed by atoms with Crippen LogP contribution in [0.5, 0.6) is 5.75 Å². The predicted molar refractivity (Wildman–Crippen MR) is 107 cm³/mol. The van der Waals surface area contributed by atoms with Gasteiger partial charge < -0.3 is 24.6 Å². The summed E-state index contributed by atoms with van der Waals surface area (Å²) in [5, 5.41) is 3.49. The Labute approximate surface area is 162 Å². The van der Waals surface area contributed by atoms with E-state index in [4.69, 9.17) is 9.47 Å². The Kier molecular flexibility index (Phi) is 7.91. The van der Waals surface area contributed by atoms with Gasteiger partial charge in [-0.3, -0.25) is 9.79 Å². The summed E-state index contributed by atoms with van der Waals surface area (Å²) in [6, 6.07) is 8.36. The second-order valence-corrected chi connectivity index (χ2v) is 6.97. The Bertz CT molecular complexity index is 623. The molecule has 1 heterocycles. The number of guanidine groups is 1. The highest BCUT2D eigenvalue weighted by atomic mass is 16.5. The SMILES string of the molecule is CN=C(NCC(c1ccc(OC)cc1)N(C)C)N1CCC(C(=O)OC)CC1. The van der Waals surface area contributed by atoms with Crippen LogP contribution in [0.1, 0.15) is 24.4 Å². The molecule has 27 heavy (non-hydrogen) atoms. The predicted octanol–water partition coefficient (Wildman–Crippen LogP) is 1.76. The van der Waals surface area contributed by atoms with Gasteiger partial charge in [-0.15, -0.1) is 0 Å². The molecule has 1 fully saturated rings. The minimum atomic E-state index is -0.107. The van der Waals surface area contributed by atoms with Crippen molar-refractivity contribution in [3.63, 3.8) is 0 Å². The Morgan fingerprint density at radius 3 is 2.37 bits per heavy atom. The Balaban J connectivity index is 1.95. The number of rotatable bonds is 6. The number of aliphatic imine (C=N–C) groups is 1. The number of hydrogen-bond donors (Lipinski definition) is 1. The molecular formula is C20H32N4O3. The molecule has 0 radical (unpaired) electrons. The maximum atomic E-state index is 11.7. The highest BCUT2D eigenvalue weighted by Crippen LogP contribution is 2.22. The largest absolute Gasteiger partial charge is 0.497 e. The third-order valence-electron chi connectivity index (χ3n) is 5.12. The zero-order chi connectivity index (χ0) is 19.8. The number of piperidine rings is 1. The third-order valence-corrected chi connectivity index (χ3v) is 5.12. The number of hydrogen-bond acceptors (Lipinski definition) is 5. The van der Waals surface area contributed by atoms with Crippen LogP contribution in [0.2, 0.25) is 0 Å². The zero-order valence-electron chi connectivity index (χ0n) is 17.1. The normalized spacial score (nSPS) is 17.0. The lowest BCUT2D eigenvalue weighted by Gasteiger charge is -2.34. The fourth-order valence-electron chi connectivity index (χ4n) is 3.44. The molecule has 1 atom stereocenters. The van der Waals surface area contributed by atoms with Gasteiger partial charge in [0.15, 0.2) is 5.96 Å². The number of methoxy groups -OCH3 is 2. The smallest absolute Gasteiger partial charge is 0.308 e. The zero-order valence-corrected chi connectivity index (χ0v) is 17.1.